The standard InChI is InChI=1S/C14H24O2S/c1-10(11-2-3-11)13(15)12-4-6-16-14(8-12)5-7-17-9-14/h10-13,15H,2-9H2,1H3. The fraction of sp³-hybridized carbons (Fsp3) is 1.00. The lowest BCUT2D eigenvalue weighted by atomic mass is 9.78. The Morgan fingerprint density at radius 3 is 2.76 bits per heavy atom. The highest BCUT2D eigenvalue weighted by atomic mass is 32.2. The number of rotatable bonds is 3. The summed E-state index contributed by atoms with van der Waals surface area (Å²) in [5, 5.41) is 10.5. The first-order chi connectivity index (χ1) is 8.20. The third-order valence-electron chi connectivity index (χ3n) is 4.99. The molecule has 2 nitrogen and oxygen atoms in total. The van der Waals surface area contributed by atoms with Gasteiger partial charge in [-0.15, -0.1) is 0 Å². The molecule has 1 aliphatic carbocycles. The zero-order chi connectivity index (χ0) is 11.9. The second-order valence-electron chi connectivity index (χ2n) is 6.27. The maximum Gasteiger partial charge on any atom is 0.0783 e. The molecule has 3 aliphatic rings. The molecule has 2 aliphatic heterocycles. The molecule has 1 spiro atoms. The van der Waals surface area contributed by atoms with E-state index in [1.165, 1.54) is 25.0 Å². The van der Waals surface area contributed by atoms with Crippen LogP contribution in [0.15, 0.2) is 0 Å². The molecule has 0 aromatic carbocycles. The third kappa shape index (κ3) is 2.52. The Balaban J connectivity index is 1.62. The smallest absolute Gasteiger partial charge is 0.0783 e. The topological polar surface area (TPSA) is 29.5 Å². The summed E-state index contributed by atoms with van der Waals surface area (Å²) in [5.41, 5.74) is 0.123. The van der Waals surface area contributed by atoms with E-state index in [9.17, 15) is 5.11 Å². The third-order valence-corrected chi connectivity index (χ3v) is 6.21. The van der Waals surface area contributed by atoms with Gasteiger partial charge in [0.1, 0.15) is 0 Å². The summed E-state index contributed by atoms with van der Waals surface area (Å²) in [6, 6.07) is 0. The van der Waals surface area contributed by atoms with Crippen LogP contribution in [0.2, 0.25) is 0 Å². The first-order valence-electron chi connectivity index (χ1n) is 7.10. The molecule has 1 saturated carbocycles. The molecule has 0 aromatic rings. The van der Waals surface area contributed by atoms with Gasteiger partial charge >= 0.3 is 0 Å². The molecule has 0 amide bonds. The molecule has 2 saturated heterocycles. The highest BCUT2D eigenvalue weighted by molar-refractivity contribution is 7.99. The van der Waals surface area contributed by atoms with E-state index in [0.29, 0.717) is 11.8 Å². The van der Waals surface area contributed by atoms with Gasteiger partial charge in [0.2, 0.25) is 0 Å². The van der Waals surface area contributed by atoms with E-state index in [-0.39, 0.29) is 11.7 Å². The summed E-state index contributed by atoms with van der Waals surface area (Å²) in [7, 11) is 0. The number of thioether (sulfide) groups is 1. The lowest BCUT2D eigenvalue weighted by molar-refractivity contribution is -0.109. The van der Waals surface area contributed by atoms with Gasteiger partial charge in [0.05, 0.1) is 11.7 Å². The van der Waals surface area contributed by atoms with E-state index in [4.69, 9.17) is 4.74 Å². The van der Waals surface area contributed by atoms with Gasteiger partial charge < -0.3 is 9.84 Å². The van der Waals surface area contributed by atoms with Crippen molar-refractivity contribution >= 4 is 11.8 Å². The Hall–Kier alpha value is 0.270. The quantitative estimate of drug-likeness (QED) is 0.842. The van der Waals surface area contributed by atoms with Crippen molar-refractivity contribution in [3.63, 3.8) is 0 Å². The maximum absolute atomic E-state index is 10.5. The van der Waals surface area contributed by atoms with Crippen LogP contribution in [0.5, 0.6) is 0 Å². The molecule has 98 valence electrons. The molecule has 4 atom stereocenters. The molecule has 17 heavy (non-hydrogen) atoms. The normalized spacial score (nSPS) is 41.6. The van der Waals surface area contributed by atoms with E-state index < -0.39 is 0 Å². The molecule has 3 rings (SSSR count). The Labute approximate surface area is 108 Å². The molecule has 0 radical (unpaired) electrons. The van der Waals surface area contributed by atoms with E-state index in [1.54, 1.807) is 0 Å². The summed E-state index contributed by atoms with van der Waals surface area (Å²) in [4.78, 5) is 0. The maximum atomic E-state index is 10.5. The molecule has 1 N–H and O–H groups in total. The predicted molar refractivity (Wildman–Crippen MR) is 71.2 cm³/mol. The van der Waals surface area contributed by atoms with Gasteiger partial charge in [0.15, 0.2) is 0 Å². The molecule has 3 fully saturated rings. The monoisotopic (exact) mass is 256 g/mol. The van der Waals surface area contributed by atoms with Crippen LogP contribution in [-0.4, -0.2) is 34.9 Å². The summed E-state index contributed by atoms with van der Waals surface area (Å²) in [6.07, 6.45) is 5.93. The van der Waals surface area contributed by atoms with Crippen molar-refractivity contribution in [2.24, 2.45) is 17.8 Å². The molecule has 0 bridgehead atoms. The fourth-order valence-electron chi connectivity index (χ4n) is 3.55. The van der Waals surface area contributed by atoms with Crippen LogP contribution in [-0.2, 0) is 4.74 Å². The zero-order valence-electron chi connectivity index (χ0n) is 10.7. The van der Waals surface area contributed by atoms with Crippen LogP contribution in [0.4, 0.5) is 0 Å². The first-order valence-corrected chi connectivity index (χ1v) is 8.25. The van der Waals surface area contributed by atoms with Gasteiger partial charge in [-0.2, -0.15) is 11.8 Å². The molecule has 0 aromatic heterocycles. The first kappa shape index (κ1) is 12.3. The van der Waals surface area contributed by atoms with Crippen LogP contribution in [0.1, 0.15) is 39.0 Å². The lowest BCUT2D eigenvalue weighted by Crippen LogP contribution is -2.44. The SMILES string of the molecule is CC(C1CC1)C(O)C1CCOC2(CCSC2)C1. The molecule has 2 heterocycles. The summed E-state index contributed by atoms with van der Waals surface area (Å²) < 4.78 is 6.03. The Kier molecular flexibility index (Phi) is 3.44. The fourth-order valence-corrected chi connectivity index (χ4v) is 4.93. The Bertz CT molecular complexity index is 271. The summed E-state index contributed by atoms with van der Waals surface area (Å²) in [5.74, 6) is 4.18. The molecule has 4 unspecified atom stereocenters. The highest BCUT2D eigenvalue weighted by Crippen LogP contribution is 2.45. The largest absolute Gasteiger partial charge is 0.393 e. The van der Waals surface area contributed by atoms with Crippen LogP contribution in [0.3, 0.4) is 0 Å². The lowest BCUT2D eigenvalue weighted by Gasteiger charge is -2.41. The van der Waals surface area contributed by atoms with E-state index >= 15 is 0 Å². The number of hydrogen-bond donors (Lipinski definition) is 1. The van der Waals surface area contributed by atoms with E-state index in [2.05, 4.69) is 6.92 Å². The van der Waals surface area contributed by atoms with Crippen LogP contribution in [0, 0.1) is 17.8 Å². The van der Waals surface area contributed by atoms with Gasteiger partial charge in [0.25, 0.3) is 0 Å². The Morgan fingerprint density at radius 2 is 2.12 bits per heavy atom. The van der Waals surface area contributed by atoms with Gasteiger partial charge in [-0.1, -0.05) is 6.92 Å². The minimum Gasteiger partial charge on any atom is -0.393 e. The number of aliphatic hydroxyl groups is 1. The van der Waals surface area contributed by atoms with E-state index in [0.717, 1.165) is 31.1 Å². The van der Waals surface area contributed by atoms with Crippen LogP contribution < -0.4 is 0 Å². The van der Waals surface area contributed by atoms with Gasteiger partial charge in [-0.3, -0.25) is 0 Å². The highest BCUT2D eigenvalue weighted by Gasteiger charge is 2.44. The van der Waals surface area contributed by atoms with Crippen molar-refractivity contribution < 1.29 is 9.84 Å². The summed E-state index contributed by atoms with van der Waals surface area (Å²) >= 11 is 2.01. The van der Waals surface area contributed by atoms with Gasteiger partial charge in [-0.25, -0.2) is 0 Å². The minimum absolute atomic E-state index is 0.0890. The van der Waals surface area contributed by atoms with Gasteiger partial charge in [0, 0.05) is 12.4 Å². The molecular formula is C14H24O2S. The zero-order valence-corrected chi connectivity index (χ0v) is 11.5. The predicted octanol–water partition coefficient (Wildman–Crippen LogP) is 2.70. The van der Waals surface area contributed by atoms with E-state index in [1.807, 2.05) is 11.8 Å². The summed E-state index contributed by atoms with van der Waals surface area (Å²) in [6.45, 7) is 3.10. The van der Waals surface area contributed by atoms with Crippen molar-refractivity contribution in [2.45, 2.75) is 50.7 Å². The van der Waals surface area contributed by atoms with Crippen molar-refractivity contribution in [3.05, 3.63) is 0 Å². The van der Waals surface area contributed by atoms with Crippen molar-refractivity contribution in [2.75, 3.05) is 18.1 Å². The number of hydrogen-bond acceptors (Lipinski definition) is 3. The van der Waals surface area contributed by atoms with Crippen molar-refractivity contribution in [1.29, 1.82) is 0 Å². The van der Waals surface area contributed by atoms with Crippen molar-refractivity contribution in [3.8, 4) is 0 Å². The molecular weight excluding hydrogens is 232 g/mol. The van der Waals surface area contributed by atoms with Crippen LogP contribution in [0.25, 0.3) is 0 Å². The van der Waals surface area contributed by atoms with Gasteiger partial charge in [-0.05, 0) is 55.6 Å². The second-order valence-corrected chi connectivity index (χ2v) is 7.38. The average Bonchev–Trinajstić information content (AvgIpc) is 3.11. The molecule has 3 heteroatoms. The second kappa shape index (κ2) is 4.75. The number of aliphatic hydroxyl groups excluding tert-OH is 1. The van der Waals surface area contributed by atoms with Crippen LogP contribution >= 0.6 is 11.8 Å². The minimum atomic E-state index is -0.0890. The van der Waals surface area contributed by atoms with Crippen molar-refractivity contribution in [1.82, 2.24) is 0 Å². The Morgan fingerprint density at radius 1 is 1.29 bits per heavy atom. The number of ether oxygens (including phenoxy) is 1. The average molecular weight is 256 g/mol.